The van der Waals surface area contributed by atoms with Gasteiger partial charge in [0.25, 0.3) is 0 Å². The first kappa shape index (κ1) is 63.1. The van der Waals surface area contributed by atoms with E-state index in [2.05, 4.69) is 81.5 Å². The first-order valence-corrected chi connectivity index (χ1v) is 28.3. The Hall–Kier alpha value is -2.89. The van der Waals surface area contributed by atoms with Crippen LogP contribution in [0.4, 0.5) is 0 Å². The highest BCUT2D eigenvalue weighted by Gasteiger charge is 2.19. The molecule has 6 heteroatoms. The number of ether oxygens (including phenoxy) is 3. The summed E-state index contributed by atoms with van der Waals surface area (Å²) in [7, 11) is 0. The SMILES string of the molecule is CCCCCCCC/C=C\C/C=C\C/C=C\CCCC(=O)OC(COC(=O)CCCCC/C=C\CCCCCCCC)COC(=O)CCCCCCC/C=C\CCCCCCCCCCC. The van der Waals surface area contributed by atoms with Gasteiger partial charge in [0.15, 0.2) is 6.10 Å². The lowest BCUT2D eigenvalue weighted by Gasteiger charge is -2.18. The van der Waals surface area contributed by atoms with Gasteiger partial charge in [-0.1, -0.05) is 223 Å². The van der Waals surface area contributed by atoms with E-state index < -0.39 is 6.10 Å². The second-order valence-electron chi connectivity index (χ2n) is 18.8. The number of carbonyl (C=O) groups excluding carboxylic acids is 3. The standard InChI is InChI=1S/C60H106O6/c1-4-7-10-13-16-19-22-25-27-29-31-32-35-38-41-44-47-50-53-59(62)65-56-57(55-64-58(61)52-49-46-43-40-37-34-24-21-18-15-12-9-6-3)66-60(63)54-51-48-45-42-39-36-33-30-28-26-23-20-17-14-11-8-5-2/h26,28,31-34,36-37,42,45,57H,4-25,27,29-30,35,38-41,43-44,46-56H2,1-3H3/b28-26-,32-31-,36-33-,37-34-,45-42-. The van der Waals surface area contributed by atoms with Crippen LogP contribution in [0.2, 0.25) is 0 Å². The molecule has 0 aromatic heterocycles. The molecule has 1 unspecified atom stereocenters. The lowest BCUT2D eigenvalue weighted by Crippen LogP contribution is -2.30. The van der Waals surface area contributed by atoms with Gasteiger partial charge < -0.3 is 14.2 Å². The Morgan fingerprint density at radius 3 is 0.924 bits per heavy atom. The maximum Gasteiger partial charge on any atom is 0.306 e. The Bertz CT molecular complexity index is 1200. The number of esters is 3. The quantitative estimate of drug-likeness (QED) is 0.0262. The van der Waals surface area contributed by atoms with Crippen LogP contribution in [0.1, 0.15) is 284 Å². The molecule has 0 aliphatic carbocycles. The zero-order chi connectivity index (χ0) is 47.9. The molecule has 382 valence electrons. The fourth-order valence-corrected chi connectivity index (χ4v) is 7.92. The van der Waals surface area contributed by atoms with E-state index in [0.29, 0.717) is 19.3 Å². The van der Waals surface area contributed by atoms with Gasteiger partial charge in [0, 0.05) is 19.3 Å². The van der Waals surface area contributed by atoms with E-state index in [9.17, 15) is 14.4 Å². The highest BCUT2D eigenvalue weighted by molar-refractivity contribution is 5.71. The molecule has 0 saturated carbocycles. The van der Waals surface area contributed by atoms with Crippen LogP contribution in [-0.2, 0) is 28.6 Å². The molecule has 0 N–H and O–H groups in total. The van der Waals surface area contributed by atoms with E-state index in [1.807, 2.05) is 0 Å². The van der Waals surface area contributed by atoms with Gasteiger partial charge in [-0.05, 0) is 103 Å². The van der Waals surface area contributed by atoms with Gasteiger partial charge in [-0.25, -0.2) is 0 Å². The predicted octanol–water partition coefficient (Wildman–Crippen LogP) is 18.8. The molecule has 6 nitrogen and oxygen atoms in total. The number of allylic oxidation sites excluding steroid dienone is 10. The average molecular weight is 924 g/mol. The van der Waals surface area contributed by atoms with Crippen molar-refractivity contribution in [3.05, 3.63) is 60.8 Å². The van der Waals surface area contributed by atoms with Gasteiger partial charge in [0.1, 0.15) is 13.2 Å². The summed E-state index contributed by atoms with van der Waals surface area (Å²) in [5.74, 6) is -0.971. The van der Waals surface area contributed by atoms with Crippen LogP contribution >= 0.6 is 0 Å². The summed E-state index contributed by atoms with van der Waals surface area (Å²) in [5, 5.41) is 0. The second-order valence-corrected chi connectivity index (χ2v) is 18.8. The van der Waals surface area contributed by atoms with Crippen LogP contribution in [0.5, 0.6) is 0 Å². The number of unbranched alkanes of at least 4 members (excludes halogenated alkanes) is 30. The smallest absolute Gasteiger partial charge is 0.306 e. The molecule has 66 heavy (non-hydrogen) atoms. The van der Waals surface area contributed by atoms with Crippen molar-refractivity contribution in [3.8, 4) is 0 Å². The summed E-state index contributed by atoms with van der Waals surface area (Å²) in [6.45, 7) is 6.58. The Kier molecular flexibility index (Phi) is 52.3. The Morgan fingerprint density at radius 1 is 0.303 bits per heavy atom. The van der Waals surface area contributed by atoms with Crippen LogP contribution < -0.4 is 0 Å². The molecule has 0 spiro atoms. The van der Waals surface area contributed by atoms with Crippen LogP contribution in [0.25, 0.3) is 0 Å². The fourth-order valence-electron chi connectivity index (χ4n) is 7.92. The Morgan fingerprint density at radius 2 is 0.561 bits per heavy atom. The first-order chi connectivity index (χ1) is 32.5. The highest BCUT2D eigenvalue weighted by Crippen LogP contribution is 2.14. The van der Waals surface area contributed by atoms with Gasteiger partial charge in [0.05, 0.1) is 0 Å². The molecule has 0 saturated heterocycles. The first-order valence-electron chi connectivity index (χ1n) is 28.3. The molecule has 0 heterocycles. The third-order valence-electron chi connectivity index (χ3n) is 12.2. The maximum atomic E-state index is 12.8. The van der Waals surface area contributed by atoms with Gasteiger partial charge in [-0.15, -0.1) is 0 Å². The summed E-state index contributed by atoms with van der Waals surface area (Å²) in [6, 6.07) is 0. The van der Waals surface area contributed by atoms with Crippen molar-refractivity contribution >= 4 is 17.9 Å². The number of hydrogen-bond donors (Lipinski definition) is 0. The summed E-state index contributed by atoms with van der Waals surface area (Å²) >= 11 is 0. The monoisotopic (exact) mass is 923 g/mol. The van der Waals surface area contributed by atoms with Crippen LogP contribution in [0, 0.1) is 0 Å². The van der Waals surface area contributed by atoms with Crippen molar-refractivity contribution in [2.45, 2.75) is 290 Å². The van der Waals surface area contributed by atoms with E-state index in [0.717, 1.165) is 77.0 Å². The fraction of sp³-hybridized carbons (Fsp3) is 0.783. The minimum atomic E-state index is -0.809. The van der Waals surface area contributed by atoms with Crippen molar-refractivity contribution in [1.82, 2.24) is 0 Å². The molecule has 0 amide bonds. The predicted molar refractivity (Wildman–Crippen MR) is 284 cm³/mol. The molecule has 0 aromatic carbocycles. The normalized spacial score (nSPS) is 12.5. The van der Waals surface area contributed by atoms with Crippen molar-refractivity contribution in [2.75, 3.05) is 13.2 Å². The zero-order valence-corrected chi connectivity index (χ0v) is 43.7. The average Bonchev–Trinajstić information content (AvgIpc) is 3.31. The van der Waals surface area contributed by atoms with E-state index in [1.54, 1.807) is 0 Å². The molecule has 0 fully saturated rings. The number of hydrogen-bond acceptors (Lipinski definition) is 6. The van der Waals surface area contributed by atoms with Gasteiger partial charge >= 0.3 is 17.9 Å². The third-order valence-corrected chi connectivity index (χ3v) is 12.2. The molecule has 0 bridgehead atoms. The van der Waals surface area contributed by atoms with E-state index >= 15 is 0 Å². The van der Waals surface area contributed by atoms with Crippen LogP contribution in [0.3, 0.4) is 0 Å². The molecular weight excluding hydrogens is 817 g/mol. The summed E-state index contributed by atoms with van der Waals surface area (Å²) in [4.78, 5) is 38.1. The summed E-state index contributed by atoms with van der Waals surface area (Å²) < 4.78 is 16.8. The maximum absolute atomic E-state index is 12.8. The molecule has 0 rings (SSSR count). The highest BCUT2D eigenvalue weighted by atomic mass is 16.6. The van der Waals surface area contributed by atoms with Crippen molar-refractivity contribution in [3.63, 3.8) is 0 Å². The van der Waals surface area contributed by atoms with E-state index in [4.69, 9.17) is 14.2 Å². The van der Waals surface area contributed by atoms with E-state index in [-0.39, 0.29) is 37.5 Å². The van der Waals surface area contributed by atoms with Crippen molar-refractivity contribution < 1.29 is 28.6 Å². The van der Waals surface area contributed by atoms with Crippen LogP contribution in [0.15, 0.2) is 60.8 Å². The molecule has 0 aromatic rings. The van der Waals surface area contributed by atoms with Gasteiger partial charge in [0.2, 0.25) is 0 Å². The minimum absolute atomic E-state index is 0.102. The second kappa shape index (κ2) is 54.7. The minimum Gasteiger partial charge on any atom is -0.462 e. The number of rotatable bonds is 51. The van der Waals surface area contributed by atoms with Crippen LogP contribution in [-0.4, -0.2) is 37.2 Å². The lowest BCUT2D eigenvalue weighted by atomic mass is 10.1. The largest absolute Gasteiger partial charge is 0.462 e. The zero-order valence-electron chi connectivity index (χ0n) is 43.7. The van der Waals surface area contributed by atoms with E-state index in [1.165, 1.54) is 161 Å². The summed E-state index contributed by atoms with van der Waals surface area (Å²) in [6.07, 6.45) is 67.9. The Balaban J connectivity index is 4.46. The van der Waals surface area contributed by atoms with Crippen molar-refractivity contribution in [1.29, 1.82) is 0 Å². The third kappa shape index (κ3) is 52.1. The van der Waals surface area contributed by atoms with Crippen molar-refractivity contribution in [2.24, 2.45) is 0 Å². The summed E-state index contributed by atoms with van der Waals surface area (Å²) in [5.41, 5.74) is 0. The number of carbonyl (C=O) groups is 3. The molecule has 1 atom stereocenters. The lowest BCUT2D eigenvalue weighted by molar-refractivity contribution is -0.167. The topological polar surface area (TPSA) is 78.9 Å². The molecule has 0 aliphatic rings. The van der Waals surface area contributed by atoms with Gasteiger partial charge in [-0.3, -0.25) is 14.4 Å². The van der Waals surface area contributed by atoms with Gasteiger partial charge in [-0.2, -0.15) is 0 Å². The molecule has 0 radical (unpaired) electrons. The Labute approximate surface area is 409 Å². The molecular formula is C60H106O6. The molecule has 0 aliphatic heterocycles.